The zero-order chi connectivity index (χ0) is 19.1. The minimum Gasteiger partial charge on any atom is -0.365 e. The number of amides is 1. The average molecular weight is 371 g/mol. The molecule has 2 spiro atoms. The monoisotopic (exact) mass is 370 g/mol. The second-order valence-corrected chi connectivity index (χ2v) is 9.56. The summed E-state index contributed by atoms with van der Waals surface area (Å²) in [6.45, 7) is 7.24. The summed E-state index contributed by atoms with van der Waals surface area (Å²) < 4.78 is 6.73. The highest BCUT2D eigenvalue weighted by Crippen LogP contribution is 2.50. The Morgan fingerprint density at radius 2 is 1.70 bits per heavy atom. The standard InChI is InChI=1S/C23H34N2O2/c1-18(2)15-24(3)20-9-11-22(12-10-20)16-25(17-23(27-22)13-14-23)21(26)19-7-5-4-6-8-19/h4-8,18,20H,9-17H2,1-3H3. The van der Waals surface area contributed by atoms with Crippen molar-refractivity contribution in [2.24, 2.45) is 5.92 Å². The Hall–Kier alpha value is -1.39. The van der Waals surface area contributed by atoms with Crippen LogP contribution in [0, 0.1) is 5.92 Å². The van der Waals surface area contributed by atoms with Crippen LogP contribution in [0.1, 0.15) is 62.7 Å². The van der Waals surface area contributed by atoms with Crippen molar-refractivity contribution in [2.75, 3.05) is 26.7 Å². The molecule has 148 valence electrons. The third kappa shape index (κ3) is 4.07. The number of carbonyl (C=O) groups excluding carboxylic acids is 1. The number of ether oxygens (including phenoxy) is 1. The Labute approximate surface area is 163 Å². The maximum Gasteiger partial charge on any atom is 0.254 e. The molecule has 0 unspecified atom stereocenters. The molecule has 4 heteroatoms. The van der Waals surface area contributed by atoms with Gasteiger partial charge in [-0.2, -0.15) is 0 Å². The Morgan fingerprint density at radius 1 is 1.11 bits per heavy atom. The number of morpholine rings is 1. The van der Waals surface area contributed by atoms with Crippen LogP contribution < -0.4 is 0 Å². The molecule has 3 fully saturated rings. The first-order valence-electron chi connectivity index (χ1n) is 10.7. The van der Waals surface area contributed by atoms with Gasteiger partial charge >= 0.3 is 0 Å². The summed E-state index contributed by atoms with van der Waals surface area (Å²) in [5.41, 5.74) is 0.615. The smallest absolute Gasteiger partial charge is 0.254 e. The van der Waals surface area contributed by atoms with Gasteiger partial charge in [0, 0.05) is 18.2 Å². The van der Waals surface area contributed by atoms with E-state index in [1.807, 2.05) is 30.3 Å². The lowest BCUT2D eigenvalue weighted by atomic mass is 9.79. The molecule has 1 aromatic carbocycles. The summed E-state index contributed by atoms with van der Waals surface area (Å²) in [4.78, 5) is 17.7. The summed E-state index contributed by atoms with van der Waals surface area (Å²) >= 11 is 0. The molecule has 1 heterocycles. The Bertz CT molecular complexity index is 660. The summed E-state index contributed by atoms with van der Waals surface area (Å²) in [6, 6.07) is 10.4. The van der Waals surface area contributed by atoms with E-state index in [4.69, 9.17) is 4.74 Å². The molecular formula is C23H34N2O2. The number of benzene rings is 1. The van der Waals surface area contributed by atoms with E-state index >= 15 is 0 Å². The maximum atomic E-state index is 13.1. The molecule has 0 atom stereocenters. The van der Waals surface area contributed by atoms with Crippen LogP contribution >= 0.6 is 0 Å². The van der Waals surface area contributed by atoms with Crippen molar-refractivity contribution in [2.45, 2.75) is 69.6 Å². The molecular weight excluding hydrogens is 336 g/mol. The van der Waals surface area contributed by atoms with E-state index in [0.29, 0.717) is 12.0 Å². The predicted molar refractivity (Wildman–Crippen MR) is 108 cm³/mol. The van der Waals surface area contributed by atoms with Gasteiger partial charge in [-0.25, -0.2) is 0 Å². The minimum atomic E-state index is -0.131. The first kappa shape index (κ1) is 18.9. The fourth-order valence-corrected chi connectivity index (χ4v) is 5.14. The highest BCUT2D eigenvalue weighted by molar-refractivity contribution is 5.94. The van der Waals surface area contributed by atoms with Gasteiger partial charge in [0.25, 0.3) is 5.91 Å². The van der Waals surface area contributed by atoms with Gasteiger partial charge in [-0.3, -0.25) is 4.79 Å². The van der Waals surface area contributed by atoms with E-state index in [-0.39, 0.29) is 17.1 Å². The molecule has 4 rings (SSSR count). The predicted octanol–water partition coefficient (Wildman–Crippen LogP) is 3.96. The van der Waals surface area contributed by atoms with E-state index in [9.17, 15) is 4.79 Å². The molecule has 0 radical (unpaired) electrons. The number of hydrogen-bond acceptors (Lipinski definition) is 3. The van der Waals surface area contributed by atoms with Crippen molar-refractivity contribution in [3.63, 3.8) is 0 Å². The number of hydrogen-bond donors (Lipinski definition) is 0. The van der Waals surface area contributed by atoms with Gasteiger partial charge in [-0.1, -0.05) is 32.0 Å². The summed E-state index contributed by atoms with van der Waals surface area (Å²) in [5, 5.41) is 0. The average Bonchev–Trinajstić information content (AvgIpc) is 3.39. The lowest BCUT2D eigenvalue weighted by Crippen LogP contribution is -2.60. The van der Waals surface area contributed by atoms with E-state index in [1.165, 1.54) is 12.8 Å². The van der Waals surface area contributed by atoms with Crippen molar-refractivity contribution in [3.8, 4) is 0 Å². The van der Waals surface area contributed by atoms with Crippen LogP contribution in [-0.4, -0.2) is 59.6 Å². The molecule has 4 nitrogen and oxygen atoms in total. The van der Waals surface area contributed by atoms with Gasteiger partial charge < -0.3 is 14.5 Å². The van der Waals surface area contributed by atoms with Crippen molar-refractivity contribution < 1.29 is 9.53 Å². The van der Waals surface area contributed by atoms with E-state index in [0.717, 1.165) is 50.9 Å². The quantitative estimate of drug-likeness (QED) is 0.804. The zero-order valence-corrected chi connectivity index (χ0v) is 17.1. The largest absolute Gasteiger partial charge is 0.365 e. The van der Waals surface area contributed by atoms with Gasteiger partial charge in [0.05, 0.1) is 24.3 Å². The lowest BCUT2D eigenvalue weighted by molar-refractivity contribution is -0.178. The third-order valence-electron chi connectivity index (χ3n) is 6.65. The summed E-state index contributed by atoms with van der Waals surface area (Å²) in [7, 11) is 2.26. The number of carbonyl (C=O) groups is 1. The maximum absolute atomic E-state index is 13.1. The number of rotatable bonds is 4. The third-order valence-corrected chi connectivity index (χ3v) is 6.65. The molecule has 1 aliphatic heterocycles. The van der Waals surface area contributed by atoms with Gasteiger partial charge in [0.2, 0.25) is 0 Å². The van der Waals surface area contributed by atoms with Crippen molar-refractivity contribution in [1.29, 1.82) is 0 Å². The minimum absolute atomic E-state index is 0.0562. The fourth-order valence-electron chi connectivity index (χ4n) is 5.14. The van der Waals surface area contributed by atoms with E-state index in [1.54, 1.807) is 0 Å². The molecule has 0 N–H and O–H groups in total. The van der Waals surface area contributed by atoms with Crippen LogP contribution in [0.15, 0.2) is 30.3 Å². The van der Waals surface area contributed by atoms with Crippen LogP contribution in [0.5, 0.6) is 0 Å². The van der Waals surface area contributed by atoms with Crippen LogP contribution in [0.4, 0.5) is 0 Å². The normalized spacial score (nSPS) is 29.7. The topological polar surface area (TPSA) is 32.8 Å². The van der Waals surface area contributed by atoms with E-state index in [2.05, 4.69) is 30.7 Å². The zero-order valence-electron chi connectivity index (χ0n) is 17.1. The van der Waals surface area contributed by atoms with Crippen LogP contribution in [-0.2, 0) is 4.74 Å². The van der Waals surface area contributed by atoms with E-state index < -0.39 is 0 Å². The van der Waals surface area contributed by atoms with Crippen LogP contribution in [0.25, 0.3) is 0 Å². The van der Waals surface area contributed by atoms with Crippen molar-refractivity contribution in [1.82, 2.24) is 9.80 Å². The molecule has 3 aliphatic rings. The summed E-state index contributed by atoms with van der Waals surface area (Å²) in [5.74, 6) is 0.870. The molecule has 1 saturated heterocycles. The molecule has 0 bridgehead atoms. The van der Waals surface area contributed by atoms with Gasteiger partial charge in [0.1, 0.15) is 0 Å². The molecule has 2 saturated carbocycles. The van der Waals surface area contributed by atoms with Crippen molar-refractivity contribution in [3.05, 3.63) is 35.9 Å². The first-order valence-corrected chi connectivity index (χ1v) is 10.7. The van der Waals surface area contributed by atoms with Crippen LogP contribution in [0.2, 0.25) is 0 Å². The highest BCUT2D eigenvalue weighted by Gasteiger charge is 2.56. The van der Waals surface area contributed by atoms with Gasteiger partial charge in [-0.15, -0.1) is 0 Å². The van der Waals surface area contributed by atoms with Gasteiger partial charge in [0.15, 0.2) is 0 Å². The molecule has 1 aromatic rings. The Balaban J connectivity index is 1.45. The number of nitrogens with zero attached hydrogens (tertiary/aromatic N) is 2. The second-order valence-electron chi connectivity index (χ2n) is 9.56. The fraction of sp³-hybridized carbons (Fsp3) is 0.696. The SMILES string of the molecule is CC(C)CN(C)C1CCC2(CC1)CN(C(=O)c1ccccc1)CC1(CC1)O2. The molecule has 27 heavy (non-hydrogen) atoms. The Kier molecular flexibility index (Phi) is 5.06. The molecule has 0 aromatic heterocycles. The lowest BCUT2D eigenvalue weighted by Gasteiger charge is -2.51. The van der Waals surface area contributed by atoms with Gasteiger partial charge in [-0.05, 0) is 63.6 Å². The van der Waals surface area contributed by atoms with Crippen molar-refractivity contribution >= 4 is 5.91 Å². The molecule has 2 aliphatic carbocycles. The highest BCUT2D eigenvalue weighted by atomic mass is 16.5. The Morgan fingerprint density at radius 3 is 2.26 bits per heavy atom. The molecule has 1 amide bonds. The first-order chi connectivity index (χ1) is 12.9. The summed E-state index contributed by atoms with van der Waals surface area (Å²) in [6.07, 6.45) is 6.69. The van der Waals surface area contributed by atoms with Crippen LogP contribution in [0.3, 0.4) is 0 Å². The second kappa shape index (κ2) is 7.21.